The maximum Gasteiger partial charge on any atom is 0.0269 e. The lowest BCUT2D eigenvalue weighted by Crippen LogP contribution is -2.16. The summed E-state index contributed by atoms with van der Waals surface area (Å²) in [7, 11) is 0. The number of hydrogen-bond acceptors (Lipinski definition) is 1. The van der Waals surface area contributed by atoms with Crippen molar-refractivity contribution in [2.45, 2.75) is 29.1 Å². The average Bonchev–Trinajstić information content (AvgIpc) is 2.79. The molecule has 114 valence electrons. The highest BCUT2D eigenvalue weighted by Gasteiger charge is 2.37. The van der Waals surface area contributed by atoms with Crippen LogP contribution in [0.25, 0.3) is 11.1 Å². The fraction of sp³-hybridized carbons (Fsp3) is 0.143. The van der Waals surface area contributed by atoms with Crippen LogP contribution in [0.15, 0.2) is 76.5 Å². The Kier molecular flexibility index (Phi) is 3.77. The second-order valence-electron chi connectivity index (χ2n) is 6.38. The minimum absolute atomic E-state index is 0.0513. The first-order chi connectivity index (χ1) is 11.1. The van der Waals surface area contributed by atoms with Crippen LogP contribution >= 0.6 is 34.4 Å². The zero-order valence-corrected chi connectivity index (χ0v) is 16.1. The Morgan fingerprint density at radius 2 is 1.39 bits per heavy atom. The summed E-state index contributed by atoms with van der Waals surface area (Å²) in [6.45, 7) is 4.69. The summed E-state index contributed by atoms with van der Waals surface area (Å²) in [5, 5.41) is 0. The molecule has 0 unspecified atom stereocenters. The van der Waals surface area contributed by atoms with Gasteiger partial charge in [0.25, 0.3) is 0 Å². The molecule has 0 radical (unpaired) electrons. The number of benzene rings is 3. The van der Waals surface area contributed by atoms with Gasteiger partial charge < -0.3 is 0 Å². The first-order valence-electron chi connectivity index (χ1n) is 7.75. The molecular formula is C21H17IS. The van der Waals surface area contributed by atoms with Crippen molar-refractivity contribution in [2.75, 3.05) is 0 Å². The summed E-state index contributed by atoms with van der Waals surface area (Å²) in [6, 6.07) is 24.1. The predicted octanol–water partition coefficient (Wildman–Crippen LogP) is 6.75. The maximum absolute atomic E-state index is 2.42. The number of fused-ring (bicyclic) bond motifs is 3. The van der Waals surface area contributed by atoms with Gasteiger partial charge in [0.2, 0.25) is 0 Å². The van der Waals surface area contributed by atoms with Crippen molar-refractivity contribution in [3.8, 4) is 11.1 Å². The summed E-state index contributed by atoms with van der Waals surface area (Å²) < 4.78 is 1.31. The second-order valence-corrected chi connectivity index (χ2v) is 8.63. The molecule has 0 N–H and O–H groups in total. The number of hydrogen-bond donors (Lipinski definition) is 0. The first-order valence-corrected chi connectivity index (χ1v) is 9.64. The molecule has 2 heteroatoms. The van der Waals surface area contributed by atoms with Crippen LogP contribution in [0.1, 0.15) is 25.0 Å². The third-order valence-corrected chi connectivity index (χ3v) is 7.04. The van der Waals surface area contributed by atoms with Gasteiger partial charge in [-0.1, -0.05) is 74.1 Å². The summed E-state index contributed by atoms with van der Waals surface area (Å²) in [4.78, 5) is 2.70. The standard InChI is InChI=1S/C21H17IS/c1-21(2)16-10-4-3-8-14(16)15-9-7-13-19(20(15)21)23-18-12-6-5-11-17(18)22/h3-13H,1-2H3. The average molecular weight is 428 g/mol. The van der Waals surface area contributed by atoms with Crippen molar-refractivity contribution in [1.82, 2.24) is 0 Å². The zero-order chi connectivity index (χ0) is 16.0. The molecule has 0 fully saturated rings. The molecular weight excluding hydrogens is 411 g/mol. The quantitative estimate of drug-likeness (QED) is 0.407. The summed E-state index contributed by atoms with van der Waals surface area (Å²) >= 11 is 4.31. The number of rotatable bonds is 2. The molecule has 0 bridgehead atoms. The van der Waals surface area contributed by atoms with E-state index < -0.39 is 0 Å². The van der Waals surface area contributed by atoms with Gasteiger partial charge >= 0.3 is 0 Å². The molecule has 0 aliphatic heterocycles. The summed E-state index contributed by atoms with van der Waals surface area (Å²) in [5.41, 5.74) is 5.73. The summed E-state index contributed by atoms with van der Waals surface area (Å²) in [6.07, 6.45) is 0. The van der Waals surface area contributed by atoms with Gasteiger partial charge in [0.1, 0.15) is 0 Å². The Bertz CT molecular complexity index is 896. The van der Waals surface area contributed by atoms with Gasteiger partial charge in [-0.3, -0.25) is 0 Å². The van der Waals surface area contributed by atoms with Gasteiger partial charge in [-0.15, -0.1) is 0 Å². The van der Waals surface area contributed by atoms with Gasteiger partial charge in [-0.2, -0.15) is 0 Å². The second kappa shape index (κ2) is 5.67. The van der Waals surface area contributed by atoms with E-state index in [0.717, 1.165) is 0 Å². The van der Waals surface area contributed by atoms with Crippen molar-refractivity contribution in [2.24, 2.45) is 0 Å². The van der Waals surface area contributed by atoms with Crippen molar-refractivity contribution >= 4 is 34.4 Å². The van der Waals surface area contributed by atoms with Crippen molar-refractivity contribution in [1.29, 1.82) is 0 Å². The van der Waals surface area contributed by atoms with E-state index in [2.05, 4.69) is 103 Å². The Labute approximate surface area is 155 Å². The Morgan fingerprint density at radius 1 is 0.739 bits per heavy atom. The molecule has 0 saturated heterocycles. The largest absolute Gasteiger partial charge is 0.0886 e. The van der Waals surface area contributed by atoms with Gasteiger partial charge in [-0.25, -0.2) is 0 Å². The topological polar surface area (TPSA) is 0 Å². The molecule has 0 aromatic heterocycles. The van der Waals surface area contributed by atoms with E-state index in [4.69, 9.17) is 0 Å². The number of halogens is 1. The molecule has 3 aromatic rings. The zero-order valence-electron chi connectivity index (χ0n) is 13.1. The fourth-order valence-corrected chi connectivity index (χ4v) is 5.41. The molecule has 23 heavy (non-hydrogen) atoms. The van der Waals surface area contributed by atoms with Crippen LogP contribution in [0.4, 0.5) is 0 Å². The monoisotopic (exact) mass is 428 g/mol. The van der Waals surface area contributed by atoms with E-state index in [9.17, 15) is 0 Å². The van der Waals surface area contributed by atoms with Crippen LogP contribution < -0.4 is 0 Å². The SMILES string of the molecule is CC1(C)c2ccccc2-c2cccc(Sc3ccccc3I)c21. The van der Waals surface area contributed by atoms with E-state index >= 15 is 0 Å². The first kappa shape index (κ1) is 15.3. The third-order valence-electron chi connectivity index (χ3n) is 4.60. The molecule has 0 heterocycles. The van der Waals surface area contributed by atoms with Crippen LogP contribution in [0.3, 0.4) is 0 Å². The highest BCUT2D eigenvalue weighted by molar-refractivity contribution is 14.1. The van der Waals surface area contributed by atoms with E-state index in [-0.39, 0.29) is 5.41 Å². The maximum atomic E-state index is 2.42. The molecule has 0 nitrogen and oxygen atoms in total. The lowest BCUT2D eigenvalue weighted by Gasteiger charge is -2.24. The smallest absolute Gasteiger partial charge is 0.0269 e. The van der Waals surface area contributed by atoms with E-state index in [1.807, 2.05) is 11.8 Å². The minimum atomic E-state index is 0.0513. The molecule has 4 rings (SSSR count). The van der Waals surface area contributed by atoms with E-state index in [1.165, 1.54) is 35.6 Å². The molecule has 0 saturated carbocycles. The van der Waals surface area contributed by atoms with Crippen LogP contribution in [-0.2, 0) is 5.41 Å². The van der Waals surface area contributed by atoms with Crippen LogP contribution in [0.2, 0.25) is 0 Å². The summed E-state index contributed by atoms with van der Waals surface area (Å²) in [5.74, 6) is 0. The van der Waals surface area contributed by atoms with E-state index in [1.54, 1.807) is 0 Å². The fourth-order valence-electron chi connectivity index (χ4n) is 3.53. The van der Waals surface area contributed by atoms with Gasteiger partial charge in [0, 0.05) is 18.8 Å². The van der Waals surface area contributed by atoms with E-state index in [0.29, 0.717) is 0 Å². The molecule has 1 aliphatic carbocycles. The van der Waals surface area contributed by atoms with Crippen molar-refractivity contribution < 1.29 is 0 Å². The third kappa shape index (κ3) is 2.43. The van der Waals surface area contributed by atoms with Crippen molar-refractivity contribution in [3.63, 3.8) is 0 Å². The van der Waals surface area contributed by atoms with Gasteiger partial charge in [0.05, 0.1) is 0 Å². The van der Waals surface area contributed by atoms with Crippen molar-refractivity contribution in [3.05, 3.63) is 81.4 Å². The molecule has 0 spiro atoms. The Hall–Kier alpha value is -1.26. The lowest BCUT2D eigenvalue weighted by atomic mass is 9.82. The van der Waals surface area contributed by atoms with Gasteiger partial charge in [-0.05, 0) is 63.0 Å². The van der Waals surface area contributed by atoms with Crippen LogP contribution in [0, 0.1) is 3.57 Å². The molecule has 0 atom stereocenters. The van der Waals surface area contributed by atoms with Crippen LogP contribution in [0.5, 0.6) is 0 Å². The Balaban J connectivity index is 1.89. The Morgan fingerprint density at radius 3 is 2.22 bits per heavy atom. The normalized spacial score (nSPS) is 14.4. The minimum Gasteiger partial charge on any atom is -0.0886 e. The van der Waals surface area contributed by atoms with Gasteiger partial charge in [0.15, 0.2) is 0 Å². The highest BCUT2D eigenvalue weighted by atomic mass is 127. The highest BCUT2D eigenvalue weighted by Crippen LogP contribution is 2.52. The predicted molar refractivity (Wildman–Crippen MR) is 107 cm³/mol. The molecule has 1 aliphatic rings. The molecule has 0 amide bonds. The lowest BCUT2D eigenvalue weighted by molar-refractivity contribution is 0.647. The molecule has 3 aromatic carbocycles. The van der Waals surface area contributed by atoms with Crippen LogP contribution in [-0.4, -0.2) is 0 Å².